The highest BCUT2D eigenvalue weighted by atomic mass is 16.5. The Morgan fingerprint density at radius 3 is 2.35 bits per heavy atom. The molecule has 7 heteroatoms. The van der Waals surface area contributed by atoms with Crippen LogP contribution < -0.4 is 5.32 Å². The van der Waals surface area contributed by atoms with Gasteiger partial charge in [-0.05, 0) is 37.6 Å². The van der Waals surface area contributed by atoms with Crippen molar-refractivity contribution in [3.8, 4) is 0 Å². The summed E-state index contributed by atoms with van der Waals surface area (Å²) in [7, 11) is 0. The predicted molar refractivity (Wildman–Crippen MR) is 153 cm³/mol. The molecule has 0 amide bonds. The smallest absolute Gasteiger partial charge is 0.338 e. The predicted octanol–water partition coefficient (Wildman–Crippen LogP) is 5.44. The zero-order valence-electron chi connectivity index (χ0n) is 23.1. The van der Waals surface area contributed by atoms with Gasteiger partial charge in [-0.25, -0.2) is 9.59 Å². The van der Waals surface area contributed by atoms with E-state index in [1.165, 1.54) is 0 Å². The van der Waals surface area contributed by atoms with Crippen molar-refractivity contribution in [1.29, 1.82) is 0 Å². The molecule has 3 aromatic carbocycles. The second kappa shape index (κ2) is 12.0. The van der Waals surface area contributed by atoms with Gasteiger partial charge in [0.2, 0.25) is 5.78 Å². The lowest BCUT2D eigenvalue weighted by molar-refractivity contribution is -0.960. The van der Waals surface area contributed by atoms with E-state index in [0.717, 1.165) is 30.5 Å². The number of esters is 2. The number of carbonyl (C=O) groups excluding carboxylic acids is 3. The van der Waals surface area contributed by atoms with Gasteiger partial charge in [0.1, 0.15) is 13.1 Å². The number of carbonyl (C=O) groups is 3. The number of ketones is 1. The summed E-state index contributed by atoms with van der Waals surface area (Å²) in [5.74, 6) is -0.380. The maximum Gasteiger partial charge on any atom is 0.338 e. The van der Waals surface area contributed by atoms with Crippen LogP contribution in [0.2, 0.25) is 0 Å². The van der Waals surface area contributed by atoms with Crippen LogP contribution in [0.25, 0.3) is 0 Å². The first-order chi connectivity index (χ1) is 19.4. The summed E-state index contributed by atoms with van der Waals surface area (Å²) in [4.78, 5) is 39.3. The van der Waals surface area contributed by atoms with Crippen molar-refractivity contribution in [3.63, 3.8) is 0 Å². The molecule has 5 atom stereocenters. The number of anilines is 1. The number of Topliss-reactive ketones (excluding diaryl/α,β-unsaturated/α-hetero) is 1. The van der Waals surface area contributed by atoms with Gasteiger partial charge in [-0.2, -0.15) is 0 Å². The van der Waals surface area contributed by atoms with Gasteiger partial charge in [0, 0.05) is 30.0 Å². The number of quaternary nitrogens is 1. The fourth-order valence-electron chi connectivity index (χ4n) is 6.23. The molecule has 3 aromatic rings. The summed E-state index contributed by atoms with van der Waals surface area (Å²) in [6, 6.07) is 25.4. The van der Waals surface area contributed by atoms with E-state index in [0.29, 0.717) is 34.9 Å². The van der Waals surface area contributed by atoms with Crippen molar-refractivity contribution in [3.05, 3.63) is 102 Å². The lowest BCUT2D eigenvalue weighted by Crippen LogP contribution is -2.69. The first-order valence-electron chi connectivity index (χ1n) is 14.1. The fourth-order valence-corrected chi connectivity index (χ4v) is 6.23. The molecule has 7 nitrogen and oxygen atoms in total. The average Bonchev–Trinajstić information content (AvgIpc) is 2.98. The van der Waals surface area contributed by atoms with Crippen LogP contribution in [0.3, 0.4) is 0 Å². The second-order valence-electron chi connectivity index (χ2n) is 11.0. The molecule has 3 saturated heterocycles. The van der Waals surface area contributed by atoms with Gasteiger partial charge < -0.3 is 19.3 Å². The molecule has 3 aliphatic heterocycles. The molecule has 0 aliphatic carbocycles. The molecular formula is C33H37N2O5+. The number of fused-ring (bicyclic) bond motifs is 3. The summed E-state index contributed by atoms with van der Waals surface area (Å²) in [6.45, 7) is 6.23. The van der Waals surface area contributed by atoms with Gasteiger partial charge >= 0.3 is 11.9 Å². The Morgan fingerprint density at radius 2 is 1.65 bits per heavy atom. The number of rotatable bonds is 10. The molecule has 40 heavy (non-hydrogen) atoms. The third-order valence-electron chi connectivity index (χ3n) is 8.47. The highest BCUT2D eigenvalue weighted by Crippen LogP contribution is 2.40. The standard InChI is InChI=1S/C33H37N2O5/c1-3-39-32(37)27-15-10-16-28(20-27)34-31(25-13-8-5-9-14-25)33(38)40-30-22-35(18-17-26(30)19-23(35)2)21-29(36)24-11-6-4-7-12-24/h4-16,20,23,26,30-31,34H,3,17-19,21-22H2,1-2H3/q+1. The molecule has 2 bridgehead atoms. The zero-order valence-corrected chi connectivity index (χ0v) is 23.1. The van der Waals surface area contributed by atoms with Crippen LogP contribution in [0.4, 0.5) is 5.69 Å². The maximum atomic E-state index is 13.8. The van der Waals surface area contributed by atoms with Gasteiger partial charge in [0.15, 0.2) is 12.1 Å². The summed E-state index contributed by atoms with van der Waals surface area (Å²) >= 11 is 0. The molecule has 1 N–H and O–H groups in total. The van der Waals surface area contributed by atoms with Gasteiger partial charge in [-0.15, -0.1) is 0 Å². The van der Waals surface area contributed by atoms with Gasteiger partial charge in [0.25, 0.3) is 0 Å². The van der Waals surface area contributed by atoms with Crippen molar-refractivity contribution in [2.75, 3.05) is 31.6 Å². The van der Waals surface area contributed by atoms with Crippen molar-refractivity contribution in [2.24, 2.45) is 5.92 Å². The van der Waals surface area contributed by atoms with Gasteiger partial charge in [-0.3, -0.25) is 4.79 Å². The number of benzene rings is 3. The van der Waals surface area contributed by atoms with E-state index < -0.39 is 12.0 Å². The first kappa shape index (κ1) is 27.6. The Kier molecular flexibility index (Phi) is 8.31. The molecule has 0 saturated carbocycles. The van der Waals surface area contributed by atoms with Crippen LogP contribution in [0, 0.1) is 5.92 Å². The van der Waals surface area contributed by atoms with E-state index in [2.05, 4.69) is 12.2 Å². The molecule has 0 spiro atoms. The van der Waals surface area contributed by atoms with Crippen LogP contribution >= 0.6 is 0 Å². The first-order valence-corrected chi connectivity index (χ1v) is 14.1. The van der Waals surface area contributed by atoms with Gasteiger partial charge in [0.05, 0.1) is 24.8 Å². The molecule has 5 unspecified atom stereocenters. The SMILES string of the molecule is CCOC(=O)c1cccc(NC(C(=O)OC2C[N+]3(CC(=O)c4ccccc4)CCC2CC3C)c2ccccc2)c1. The molecule has 0 aromatic heterocycles. The van der Waals surface area contributed by atoms with E-state index in [-0.39, 0.29) is 30.4 Å². The number of hydrogen-bond donors (Lipinski definition) is 1. The Bertz CT molecular complexity index is 1350. The van der Waals surface area contributed by atoms with E-state index >= 15 is 0 Å². The minimum atomic E-state index is -0.758. The molecule has 3 aliphatic rings. The van der Waals surface area contributed by atoms with Crippen molar-refractivity contribution in [2.45, 2.75) is 44.9 Å². The quantitative estimate of drug-likeness (QED) is 0.209. The third kappa shape index (κ3) is 5.94. The number of nitrogens with one attached hydrogen (secondary N) is 1. The zero-order chi connectivity index (χ0) is 28.1. The summed E-state index contributed by atoms with van der Waals surface area (Å²) in [5.41, 5.74) is 2.53. The monoisotopic (exact) mass is 541 g/mol. The minimum absolute atomic E-state index is 0.128. The summed E-state index contributed by atoms with van der Waals surface area (Å²) in [6.07, 6.45) is 1.58. The average molecular weight is 542 g/mol. The lowest BCUT2D eigenvalue weighted by Gasteiger charge is -2.55. The largest absolute Gasteiger partial charge is 0.462 e. The van der Waals surface area contributed by atoms with Crippen LogP contribution in [-0.4, -0.2) is 60.6 Å². The normalized spacial score (nSPS) is 24.1. The number of hydrogen-bond acceptors (Lipinski definition) is 6. The third-order valence-corrected chi connectivity index (χ3v) is 8.47. The highest BCUT2D eigenvalue weighted by molar-refractivity contribution is 5.97. The maximum absolute atomic E-state index is 13.8. The van der Waals surface area contributed by atoms with Crippen molar-refractivity contribution >= 4 is 23.4 Å². The number of ether oxygens (including phenoxy) is 2. The Morgan fingerprint density at radius 1 is 0.950 bits per heavy atom. The highest BCUT2D eigenvalue weighted by Gasteiger charge is 2.52. The molecule has 208 valence electrons. The Hall–Kier alpha value is -3.97. The number of nitrogens with zero attached hydrogens (tertiary/aromatic N) is 1. The topological polar surface area (TPSA) is 81.7 Å². The summed E-state index contributed by atoms with van der Waals surface area (Å²) < 4.78 is 12.1. The Balaban J connectivity index is 1.34. The molecule has 3 heterocycles. The van der Waals surface area contributed by atoms with E-state index in [9.17, 15) is 14.4 Å². The second-order valence-corrected chi connectivity index (χ2v) is 11.0. The van der Waals surface area contributed by atoms with Crippen LogP contribution in [0.5, 0.6) is 0 Å². The van der Waals surface area contributed by atoms with Crippen molar-refractivity contribution < 1.29 is 28.3 Å². The Labute approximate surface area is 235 Å². The van der Waals surface area contributed by atoms with E-state index in [4.69, 9.17) is 9.47 Å². The lowest BCUT2D eigenvalue weighted by atomic mass is 9.78. The number of piperidine rings is 3. The fraction of sp³-hybridized carbons (Fsp3) is 0.364. The molecule has 0 radical (unpaired) electrons. The molecule has 6 rings (SSSR count). The molecular weight excluding hydrogens is 504 g/mol. The van der Waals surface area contributed by atoms with Crippen LogP contribution in [-0.2, 0) is 14.3 Å². The van der Waals surface area contributed by atoms with E-state index in [1.807, 2.05) is 66.7 Å². The molecule has 3 fully saturated rings. The summed E-state index contributed by atoms with van der Waals surface area (Å²) in [5, 5.41) is 3.30. The van der Waals surface area contributed by atoms with Crippen LogP contribution in [0.1, 0.15) is 59.0 Å². The van der Waals surface area contributed by atoms with Crippen LogP contribution in [0.15, 0.2) is 84.9 Å². The van der Waals surface area contributed by atoms with Crippen molar-refractivity contribution in [1.82, 2.24) is 0 Å². The van der Waals surface area contributed by atoms with E-state index in [1.54, 1.807) is 25.1 Å². The minimum Gasteiger partial charge on any atom is -0.462 e. The van der Waals surface area contributed by atoms with Gasteiger partial charge in [-0.1, -0.05) is 66.7 Å².